The monoisotopic (exact) mass is 418 g/mol. The summed E-state index contributed by atoms with van der Waals surface area (Å²) in [7, 11) is 0. The number of carbonyl (C=O) groups is 1. The molecule has 0 saturated carbocycles. The lowest BCUT2D eigenvalue weighted by Gasteiger charge is -2.26. The van der Waals surface area contributed by atoms with E-state index in [0.717, 1.165) is 61.9 Å². The molecule has 2 aromatic carbocycles. The van der Waals surface area contributed by atoms with Gasteiger partial charge in [0.2, 0.25) is 0 Å². The number of morpholine rings is 1. The van der Waals surface area contributed by atoms with Gasteiger partial charge in [-0.15, -0.1) is 0 Å². The summed E-state index contributed by atoms with van der Waals surface area (Å²) in [5.41, 5.74) is 6.28. The minimum atomic E-state index is -0.0484. The quantitative estimate of drug-likeness (QED) is 0.640. The van der Waals surface area contributed by atoms with Gasteiger partial charge in [0, 0.05) is 37.4 Å². The van der Waals surface area contributed by atoms with E-state index in [1.807, 2.05) is 41.9 Å². The molecule has 1 saturated heterocycles. The van der Waals surface area contributed by atoms with Crippen LogP contribution >= 0.6 is 0 Å². The first kappa shape index (κ1) is 21.3. The lowest BCUT2D eigenvalue weighted by molar-refractivity contribution is 0.0342. The van der Waals surface area contributed by atoms with Gasteiger partial charge in [0.15, 0.2) is 0 Å². The summed E-state index contributed by atoms with van der Waals surface area (Å²) in [5.74, 6) is -0.0484. The van der Waals surface area contributed by atoms with Gasteiger partial charge in [-0.05, 0) is 48.7 Å². The van der Waals surface area contributed by atoms with Crippen molar-refractivity contribution in [2.75, 3.05) is 26.3 Å². The molecule has 1 aliphatic rings. The topological polar surface area (TPSA) is 59.4 Å². The Labute approximate surface area is 183 Å². The fourth-order valence-electron chi connectivity index (χ4n) is 3.96. The highest BCUT2D eigenvalue weighted by molar-refractivity contribution is 5.94. The van der Waals surface area contributed by atoms with Crippen molar-refractivity contribution in [3.63, 3.8) is 0 Å². The third-order valence-electron chi connectivity index (χ3n) is 5.58. The summed E-state index contributed by atoms with van der Waals surface area (Å²) >= 11 is 0. The van der Waals surface area contributed by atoms with Crippen molar-refractivity contribution in [3.05, 3.63) is 88.2 Å². The molecule has 3 aromatic rings. The third-order valence-corrected chi connectivity index (χ3v) is 5.58. The van der Waals surface area contributed by atoms with E-state index in [2.05, 4.69) is 46.5 Å². The molecule has 0 unspecified atom stereocenters. The molecule has 0 radical (unpaired) electrons. The normalized spacial score (nSPS) is 14.5. The van der Waals surface area contributed by atoms with Gasteiger partial charge in [0.25, 0.3) is 5.91 Å². The van der Waals surface area contributed by atoms with Crippen molar-refractivity contribution in [1.29, 1.82) is 0 Å². The zero-order valence-corrected chi connectivity index (χ0v) is 18.3. The maximum Gasteiger partial charge on any atom is 0.251 e. The molecule has 162 valence electrons. The molecular formula is C25H30N4O2. The predicted octanol–water partition coefficient (Wildman–Crippen LogP) is 3.31. The van der Waals surface area contributed by atoms with Crippen LogP contribution in [0.1, 0.15) is 38.4 Å². The van der Waals surface area contributed by atoms with E-state index in [4.69, 9.17) is 4.74 Å². The van der Waals surface area contributed by atoms with Gasteiger partial charge in [-0.2, -0.15) is 5.10 Å². The number of hydrogen-bond donors (Lipinski definition) is 1. The van der Waals surface area contributed by atoms with Crippen LogP contribution in [0.4, 0.5) is 0 Å². The van der Waals surface area contributed by atoms with E-state index in [0.29, 0.717) is 12.1 Å². The van der Waals surface area contributed by atoms with Crippen LogP contribution in [0.25, 0.3) is 0 Å². The number of carbonyl (C=O) groups excluding carboxylic acids is 1. The van der Waals surface area contributed by atoms with Crippen LogP contribution in [-0.4, -0.2) is 46.9 Å². The van der Waals surface area contributed by atoms with Gasteiger partial charge in [-0.25, -0.2) is 0 Å². The minimum Gasteiger partial charge on any atom is -0.379 e. The van der Waals surface area contributed by atoms with E-state index >= 15 is 0 Å². The second-order valence-corrected chi connectivity index (χ2v) is 8.18. The number of aryl methyl sites for hydroxylation is 2. The summed E-state index contributed by atoms with van der Waals surface area (Å²) in [4.78, 5) is 15.1. The largest absolute Gasteiger partial charge is 0.379 e. The number of ether oxygens (including phenoxy) is 1. The number of amides is 1. The number of rotatable bonds is 7. The van der Waals surface area contributed by atoms with Crippen LogP contribution in [0.2, 0.25) is 0 Å². The SMILES string of the molecule is Cc1cc(C)n(Cc2cccc(CNC(=O)c3cccc(CN4CCOCC4)c3)c2)n1. The summed E-state index contributed by atoms with van der Waals surface area (Å²) in [6.07, 6.45) is 0. The Morgan fingerprint density at radius 2 is 1.68 bits per heavy atom. The Morgan fingerprint density at radius 3 is 2.42 bits per heavy atom. The third kappa shape index (κ3) is 5.81. The average Bonchev–Trinajstić information content (AvgIpc) is 3.09. The second-order valence-electron chi connectivity index (χ2n) is 8.18. The van der Waals surface area contributed by atoms with Gasteiger partial charge >= 0.3 is 0 Å². The van der Waals surface area contributed by atoms with Crippen LogP contribution in [0, 0.1) is 13.8 Å². The summed E-state index contributed by atoms with van der Waals surface area (Å²) < 4.78 is 7.42. The molecule has 2 heterocycles. The first-order valence-electron chi connectivity index (χ1n) is 10.8. The van der Waals surface area contributed by atoms with E-state index in [1.165, 1.54) is 5.56 Å². The molecule has 6 nitrogen and oxygen atoms in total. The van der Waals surface area contributed by atoms with E-state index in [-0.39, 0.29) is 5.91 Å². The molecule has 0 aliphatic carbocycles. The van der Waals surface area contributed by atoms with Crippen molar-refractivity contribution < 1.29 is 9.53 Å². The summed E-state index contributed by atoms with van der Waals surface area (Å²) in [5, 5.41) is 7.59. The molecule has 4 rings (SSSR count). The van der Waals surface area contributed by atoms with Crippen molar-refractivity contribution in [1.82, 2.24) is 20.0 Å². The van der Waals surface area contributed by atoms with Crippen LogP contribution in [0.3, 0.4) is 0 Å². The van der Waals surface area contributed by atoms with Crippen LogP contribution in [0.5, 0.6) is 0 Å². The zero-order valence-electron chi connectivity index (χ0n) is 18.3. The first-order valence-corrected chi connectivity index (χ1v) is 10.8. The van der Waals surface area contributed by atoms with Crippen molar-refractivity contribution >= 4 is 5.91 Å². The second kappa shape index (κ2) is 9.90. The first-order chi connectivity index (χ1) is 15.1. The van der Waals surface area contributed by atoms with Crippen LogP contribution in [0.15, 0.2) is 54.6 Å². The fraction of sp³-hybridized carbons (Fsp3) is 0.360. The number of hydrogen-bond acceptors (Lipinski definition) is 4. The molecule has 6 heteroatoms. The minimum absolute atomic E-state index is 0.0484. The molecule has 1 N–H and O–H groups in total. The molecule has 1 fully saturated rings. The van der Waals surface area contributed by atoms with Crippen molar-refractivity contribution in [3.8, 4) is 0 Å². The maximum atomic E-state index is 12.7. The van der Waals surface area contributed by atoms with Gasteiger partial charge in [-0.3, -0.25) is 14.4 Å². The van der Waals surface area contributed by atoms with E-state index in [1.54, 1.807) is 0 Å². The van der Waals surface area contributed by atoms with Gasteiger partial charge < -0.3 is 10.1 Å². The lowest BCUT2D eigenvalue weighted by atomic mass is 10.1. The molecule has 0 atom stereocenters. The van der Waals surface area contributed by atoms with E-state index in [9.17, 15) is 4.79 Å². The zero-order chi connectivity index (χ0) is 21.6. The Bertz CT molecular complexity index is 1040. The molecular weight excluding hydrogens is 388 g/mol. The van der Waals surface area contributed by atoms with Crippen molar-refractivity contribution in [2.24, 2.45) is 0 Å². The molecule has 1 amide bonds. The molecule has 31 heavy (non-hydrogen) atoms. The highest BCUT2D eigenvalue weighted by atomic mass is 16.5. The average molecular weight is 419 g/mol. The summed E-state index contributed by atoms with van der Waals surface area (Å²) in [6.45, 7) is 9.57. The van der Waals surface area contributed by atoms with Gasteiger partial charge in [0.05, 0.1) is 25.5 Å². The fourth-order valence-corrected chi connectivity index (χ4v) is 3.96. The molecule has 1 aromatic heterocycles. The Balaban J connectivity index is 1.35. The standard InChI is InChI=1S/C25H30N4O2/c1-19-13-20(2)29(27-19)18-22-6-3-5-21(14-22)16-26-25(30)24-8-4-7-23(15-24)17-28-9-11-31-12-10-28/h3-8,13-15H,9-12,16-18H2,1-2H3,(H,26,30). The number of nitrogens with one attached hydrogen (secondary N) is 1. The van der Waals surface area contributed by atoms with Gasteiger partial charge in [0.1, 0.15) is 0 Å². The van der Waals surface area contributed by atoms with Crippen LogP contribution < -0.4 is 5.32 Å². The smallest absolute Gasteiger partial charge is 0.251 e. The maximum absolute atomic E-state index is 12.7. The van der Waals surface area contributed by atoms with Crippen molar-refractivity contribution in [2.45, 2.75) is 33.5 Å². The highest BCUT2D eigenvalue weighted by Crippen LogP contribution is 2.12. The van der Waals surface area contributed by atoms with E-state index < -0.39 is 0 Å². The molecule has 0 bridgehead atoms. The Morgan fingerprint density at radius 1 is 0.968 bits per heavy atom. The number of aromatic nitrogens is 2. The highest BCUT2D eigenvalue weighted by Gasteiger charge is 2.12. The molecule has 0 spiro atoms. The van der Waals surface area contributed by atoms with Gasteiger partial charge in [-0.1, -0.05) is 36.4 Å². The summed E-state index contributed by atoms with van der Waals surface area (Å²) in [6, 6.07) is 18.3. The number of benzene rings is 2. The molecule has 1 aliphatic heterocycles. The van der Waals surface area contributed by atoms with Crippen LogP contribution in [-0.2, 0) is 24.4 Å². The Hall–Kier alpha value is -2.96. The predicted molar refractivity (Wildman–Crippen MR) is 121 cm³/mol. The Kier molecular flexibility index (Phi) is 6.79. The number of nitrogens with zero attached hydrogens (tertiary/aromatic N) is 3. The lowest BCUT2D eigenvalue weighted by Crippen LogP contribution is -2.35.